The van der Waals surface area contributed by atoms with Crippen LogP contribution in [0.15, 0.2) is 18.2 Å². The molecule has 5 heteroatoms. The zero-order chi connectivity index (χ0) is 12.4. The third-order valence-corrected chi connectivity index (χ3v) is 3.13. The predicted octanol–water partition coefficient (Wildman–Crippen LogP) is 1.42. The molecule has 92 valence electrons. The number of carbonyl (C=O) groups is 1. The van der Waals surface area contributed by atoms with Crippen molar-refractivity contribution < 1.29 is 9.90 Å². The Morgan fingerprint density at radius 2 is 2.35 bits per heavy atom. The van der Waals surface area contributed by atoms with Gasteiger partial charge in [0.05, 0.1) is 6.04 Å². The zero-order valence-electron chi connectivity index (χ0n) is 9.81. The van der Waals surface area contributed by atoms with E-state index in [-0.39, 0.29) is 6.04 Å². The van der Waals surface area contributed by atoms with Crippen LogP contribution in [0.2, 0.25) is 0 Å². The van der Waals surface area contributed by atoms with Gasteiger partial charge in [0.15, 0.2) is 0 Å². The number of rotatable bonds is 2. The lowest BCUT2D eigenvalue weighted by Gasteiger charge is -2.19. The summed E-state index contributed by atoms with van der Waals surface area (Å²) in [6.45, 7) is 3.56. The van der Waals surface area contributed by atoms with Gasteiger partial charge in [-0.3, -0.25) is 0 Å². The third kappa shape index (κ3) is 2.61. The number of nitrogens with two attached hydrogens (primary N) is 1. The van der Waals surface area contributed by atoms with E-state index in [1.54, 1.807) is 0 Å². The van der Waals surface area contributed by atoms with Crippen LogP contribution >= 0.6 is 0 Å². The molecule has 4 N–H and O–H groups in total. The van der Waals surface area contributed by atoms with Crippen molar-refractivity contribution in [1.82, 2.24) is 5.32 Å². The highest BCUT2D eigenvalue weighted by Crippen LogP contribution is 2.24. The molecule has 17 heavy (non-hydrogen) atoms. The van der Waals surface area contributed by atoms with Crippen LogP contribution in [0.1, 0.15) is 12.0 Å². The van der Waals surface area contributed by atoms with Gasteiger partial charge in [-0.25, -0.2) is 4.79 Å². The van der Waals surface area contributed by atoms with Crippen molar-refractivity contribution in [1.29, 1.82) is 0 Å². The van der Waals surface area contributed by atoms with E-state index in [9.17, 15) is 4.79 Å². The Labute approximate surface area is 100 Å². The van der Waals surface area contributed by atoms with Gasteiger partial charge in [0.2, 0.25) is 0 Å². The second-order valence-electron chi connectivity index (χ2n) is 4.42. The molecular weight excluding hydrogens is 218 g/mol. The number of nitrogens with zero attached hydrogens (tertiary/aromatic N) is 1. The first-order valence-corrected chi connectivity index (χ1v) is 5.67. The fourth-order valence-electron chi connectivity index (χ4n) is 2.14. The Hall–Kier alpha value is -1.91. The molecule has 1 aliphatic rings. The Balaban J connectivity index is 2.04. The molecule has 0 bridgehead atoms. The number of nitrogen functional groups attached to an aromatic ring is 1. The number of benzene rings is 1. The minimum Gasteiger partial charge on any atom is -0.465 e. The predicted molar refractivity (Wildman–Crippen MR) is 67.4 cm³/mol. The first-order valence-electron chi connectivity index (χ1n) is 5.67. The molecule has 1 atom stereocenters. The third-order valence-electron chi connectivity index (χ3n) is 3.13. The van der Waals surface area contributed by atoms with E-state index in [0.29, 0.717) is 0 Å². The zero-order valence-corrected chi connectivity index (χ0v) is 9.81. The summed E-state index contributed by atoms with van der Waals surface area (Å²) in [6.07, 6.45) is -0.110. The number of hydrogen-bond donors (Lipinski definition) is 3. The van der Waals surface area contributed by atoms with Crippen molar-refractivity contribution in [2.45, 2.75) is 19.4 Å². The largest absolute Gasteiger partial charge is 0.465 e. The second kappa shape index (κ2) is 4.53. The van der Waals surface area contributed by atoms with Crippen LogP contribution in [0.25, 0.3) is 0 Å². The minimum atomic E-state index is -0.953. The van der Waals surface area contributed by atoms with E-state index in [0.717, 1.165) is 36.4 Å². The SMILES string of the molecule is Cc1cc(N2CCC(NC(=O)O)C2)ccc1N. The highest BCUT2D eigenvalue weighted by molar-refractivity contribution is 5.65. The monoisotopic (exact) mass is 235 g/mol. The molecule has 0 spiro atoms. The van der Waals surface area contributed by atoms with Gasteiger partial charge in [-0.05, 0) is 37.1 Å². The smallest absolute Gasteiger partial charge is 0.404 e. The molecule has 1 aromatic rings. The Kier molecular flexibility index (Phi) is 3.08. The van der Waals surface area contributed by atoms with E-state index in [1.165, 1.54) is 0 Å². The van der Waals surface area contributed by atoms with Crippen molar-refractivity contribution >= 4 is 17.5 Å². The maximum Gasteiger partial charge on any atom is 0.404 e. The maximum absolute atomic E-state index is 10.6. The molecule has 0 saturated carbocycles. The van der Waals surface area contributed by atoms with Crippen molar-refractivity contribution in [3.63, 3.8) is 0 Å². The molecule has 1 aromatic carbocycles. The molecular formula is C12H17N3O2. The van der Waals surface area contributed by atoms with E-state index in [2.05, 4.69) is 10.2 Å². The highest BCUT2D eigenvalue weighted by atomic mass is 16.4. The molecule has 0 aromatic heterocycles. The fourth-order valence-corrected chi connectivity index (χ4v) is 2.14. The second-order valence-corrected chi connectivity index (χ2v) is 4.42. The summed E-state index contributed by atoms with van der Waals surface area (Å²) < 4.78 is 0. The van der Waals surface area contributed by atoms with Crippen molar-refractivity contribution in [2.75, 3.05) is 23.7 Å². The van der Waals surface area contributed by atoms with Gasteiger partial charge in [-0.2, -0.15) is 0 Å². The molecule has 1 aliphatic heterocycles. The Morgan fingerprint density at radius 3 is 3.00 bits per heavy atom. The summed E-state index contributed by atoms with van der Waals surface area (Å²) in [5.41, 5.74) is 8.71. The van der Waals surface area contributed by atoms with Crippen molar-refractivity contribution in [3.8, 4) is 0 Å². The molecule has 0 radical (unpaired) electrons. The van der Waals surface area contributed by atoms with Crippen LogP contribution in [-0.2, 0) is 0 Å². The number of amides is 1. The summed E-state index contributed by atoms with van der Waals surface area (Å²) in [5, 5.41) is 11.2. The van der Waals surface area contributed by atoms with Crippen molar-refractivity contribution in [3.05, 3.63) is 23.8 Å². The quantitative estimate of drug-likeness (QED) is 0.677. The summed E-state index contributed by atoms with van der Waals surface area (Å²) in [4.78, 5) is 12.7. The van der Waals surface area contributed by atoms with Crippen LogP contribution in [0.4, 0.5) is 16.2 Å². The standard InChI is InChI=1S/C12H17N3O2/c1-8-6-10(2-3-11(8)13)15-5-4-9(7-15)14-12(16)17/h2-3,6,9,14H,4-5,7,13H2,1H3,(H,16,17). The molecule has 5 nitrogen and oxygen atoms in total. The Bertz CT molecular complexity index is 434. The summed E-state index contributed by atoms with van der Waals surface area (Å²) in [6, 6.07) is 5.93. The van der Waals surface area contributed by atoms with Gasteiger partial charge in [-0.15, -0.1) is 0 Å². The maximum atomic E-state index is 10.6. The van der Waals surface area contributed by atoms with E-state index >= 15 is 0 Å². The van der Waals surface area contributed by atoms with Gasteiger partial charge in [-0.1, -0.05) is 0 Å². The average Bonchev–Trinajstić information content (AvgIpc) is 2.69. The highest BCUT2D eigenvalue weighted by Gasteiger charge is 2.23. The van der Waals surface area contributed by atoms with E-state index < -0.39 is 6.09 Å². The van der Waals surface area contributed by atoms with Crippen LogP contribution < -0.4 is 16.0 Å². The van der Waals surface area contributed by atoms with Gasteiger partial charge in [0.25, 0.3) is 0 Å². The normalized spacial score (nSPS) is 19.4. The first-order chi connectivity index (χ1) is 8.06. The molecule has 1 unspecified atom stereocenters. The number of nitrogens with one attached hydrogen (secondary N) is 1. The van der Waals surface area contributed by atoms with Gasteiger partial charge in [0, 0.05) is 24.5 Å². The molecule has 1 saturated heterocycles. The van der Waals surface area contributed by atoms with Gasteiger partial charge >= 0.3 is 6.09 Å². The molecule has 1 fully saturated rings. The summed E-state index contributed by atoms with van der Waals surface area (Å²) in [7, 11) is 0. The molecule has 2 rings (SSSR count). The van der Waals surface area contributed by atoms with E-state index in [4.69, 9.17) is 10.8 Å². The number of hydrogen-bond acceptors (Lipinski definition) is 3. The first kappa shape index (κ1) is 11.6. The lowest BCUT2D eigenvalue weighted by Crippen LogP contribution is -2.36. The summed E-state index contributed by atoms with van der Waals surface area (Å²) >= 11 is 0. The van der Waals surface area contributed by atoms with Crippen LogP contribution in [0.5, 0.6) is 0 Å². The van der Waals surface area contributed by atoms with Crippen LogP contribution in [0, 0.1) is 6.92 Å². The fraction of sp³-hybridized carbons (Fsp3) is 0.417. The molecule has 1 amide bonds. The van der Waals surface area contributed by atoms with Crippen LogP contribution in [-0.4, -0.2) is 30.3 Å². The van der Waals surface area contributed by atoms with Crippen molar-refractivity contribution in [2.24, 2.45) is 0 Å². The van der Waals surface area contributed by atoms with Crippen LogP contribution in [0.3, 0.4) is 0 Å². The minimum absolute atomic E-state index is 0.0189. The van der Waals surface area contributed by atoms with Gasteiger partial charge < -0.3 is 21.1 Å². The molecule has 1 heterocycles. The summed E-state index contributed by atoms with van der Waals surface area (Å²) in [5.74, 6) is 0. The van der Waals surface area contributed by atoms with Gasteiger partial charge in [0.1, 0.15) is 0 Å². The number of carboxylic acid groups (broad SMARTS) is 1. The topological polar surface area (TPSA) is 78.6 Å². The number of aryl methyl sites for hydroxylation is 1. The van der Waals surface area contributed by atoms with E-state index in [1.807, 2.05) is 25.1 Å². The molecule has 0 aliphatic carbocycles. The number of anilines is 2. The lowest BCUT2D eigenvalue weighted by atomic mass is 10.2. The Morgan fingerprint density at radius 1 is 1.59 bits per heavy atom. The lowest BCUT2D eigenvalue weighted by molar-refractivity contribution is 0.191. The average molecular weight is 235 g/mol.